The van der Waals surface area contributed by atoms with Gasteiger partial charge in [-0.3, -0.25) is 9.59 Å². The fourth-order valence-corrected chi connectivity index (χ4v) is 4.79. The largest absolute Gasteiger partial charge is 0.371 e. The van der Waals surface area contributed by atoms with Crippen LogP contribution in [0, 0.1) is 0 Å². The van der Waals surface area contributed by atoms with Crippen molar-refractivity contribution in [2.45, 2.75) is 38.6 Å². The first-order valence-corrected chi connectivity index (χ1v) is 12.0. The maximum absolute atomic E-state index is 13.3. The molecule has 6 heteroatoms. The topological polar surface area (TPSA) is 61.4 Å². The van der Waals surface area contributed by atoms with E-state index in [-0.39, 0.29) is 17.9 Å². The number of amides is 2. The van der Waals surface area contributed by atoms with Crippen LogP contribution in [0.25, 0.3) is 0 Å². The molecule has 5 nitrogen and oxygen atoms in total. The van der Waals surface area contributed by atoms with Gasteiger partial charge in [0.05, 0.1) is 18.0 Å². The molecule has 1 fully saturated rings. The highest BCUT2D eigenvalue weighted by atomic mass is 32.1. The van der Waals surface area contributed by atoms with Gasteiger partial charge >= 0.3 is 0 Å². The Morgan fingerprint density at radius 1 is 1.00 bits per heavy atom. The molecule has 166 valence electrons. The first kappa shape index (κ1) is 22.1. The summed E-state index contributed by atoms with van der Waals surface area (Å²) in [5.41, 5.74) is 3.23. The molecule has 2 N–H and O–H groups in total. The summed E-state index contributed by atoms with van der Waals surface area (Å²) in [5.74, 6) is -0.210. The number of anilines is 2. The van der Waals surface area contributed by atoms with Crippen molar-refractivity contribution in [3.05, 3.63) is 82.0 Å². The van der Waals surface area contributed by atoms with E-state index in [0.717, 1.165) is 42.1 Å². The molecule has 1 aromatic heterocycles. The summed E-state index contributed by atoms with van der Waals surface area (Å²) < 4.78 is 0. The minimum atomic E-state index is -0.128. The molecule has 0 spiro atoms. The molecule has 2 aromatic carbocycles. The van der Waals surface area contributed by atoms with Crippen LogP contribution in [-0.4, -0.2) is 24.9 Å². The van der Waals surface area contributed by atoms with Gasteiger partial charge in [0.2, 0.25) is 5.91 Å². The number of benzene rings is 2. The lowest BCUT2D eigenvalue weighted by Crippen LogP contribution is -2.33. The Labute approximate surface area is 193 Å². The number of nitrogens with zero attached hydrogens (tertiary/aromatic N) is 1. The van der Waals surface area contributed by atoms with E-state index in [4.69, 9.17) is 0 Å². The van der Waals surface area contributed by atoms with Gasteiger partial charge in [-0.25, -0.2) is 0 Å². The molecule has 0 radical (unpaired) electrons. The van der Waals surface area contributed by atoms with Crippen LogP contribution in [0.2, 0.25) is 0 Å². The summed E-state index contributed by atoms with van der Waals surface area (Å²) in [6.07, 6.45) is 3.81. The molecule has 32 heavy (non-hydrogen) atoms. The third kappa shape index (κ3) is 5.56. The van der Waals surface area contributed by atoms with E-state index in [1.165, 1.54) is 6.42 Å². The minimum absolute atomic E-state index is 0.0813. The Morgan fingerprint density at radius 2 is 1.78 bits per heavy atom. The van der Waals surface area contributed by atoms with Crippen LogP contribution in [0.3, 0.4) is 0 Å². The molecule has 0 bridgehead atoms. The smallest absolute Gasteiger partial charge is 0.253 e. The Bertz CT molecular complexity index is 1040. The molecule has 1 saturated heterocycles. The van der Waals surface area contributed by atoms with E-state index >= 15 is 0 Å². The maximum Gasteiger partial charge on any atom is 0.253 e. The fourth-order valence-electron chi connectivity index (χ4n) is 4.08. The molecule has 4 rings (SSSR count). The summed E-state index contributed by atoms with van der Waals surface area (Å²) in [6, 6.07) is 19.4. The molecule has 2 amide bonds. The highest BCUT2D eigenvalue weighted by molar-refractivity contribution is 7.10. The fraction of sp³-hybridized carbons (Fsp3) is 0.308. The van der Waals surface area contributed by atoms with Gasteiger partial charge in [0, 0.05) is 29.3 Å². The van der Waals surface area contributed by atoms with Crippen molar-refractivity contribution >= 4 is 34.5 Å². The van der Waals surface area contributed by atoms with E-state index in [9.17, 15) is 9.59 Å². The van der Waals surface area contributed by atoms with E-state index in [1.54, 1.807) is 11.3 Å². The lowest BCUT2D eigenvalue weighted by molar-refractivity contribution is -0.115. The van der Waals surface area contributed by atoms with Crippen molar-refractivity contribution in [1.82, 2.24) is 5.32 Å². The van der Waals surface area contributed by atoms with Gasteiger partial charge in [0.25, 0.3) is 5.91 Å². The van der Waals surface area contributed by atoms with Gasteiger partial charge in [0.1, 0.15) is 0 Å². The lowest BCUT2D eigenvalue weighted by atomic mass is 10.0. The molecule has 2 heterocycles. The summed E-state index contributed by atoms with van der Waals surface area (Å²) >= 11 is 1.56. The van der Waals surface area contributed by atoms with Crippen LogP contribution in [0.1, 0.15) is 53.0 Å². The molecule has 1 aliphatic heterocycles. The summed E-state index contributed by atoms with van der Waals surface area (Å²) in [7, 11) is 0. The van der Waals surface area contributed by atoms with Crippen molar-refractivity contribution in [1.29, 1.82) is 0 Å². The zero-order valence-corrected chi connectivity index (χ0v) is 19.2. The highest BCUT2D eigenvalue weighted by Gasteiger charge is 2.21. The highest BCUT2D eigenvalue weighted by Crippen LogP contribution is 2.28. The van der Waals surface area contributed by atoms with Crippen LogP contribution in [0.5, 0.6) is 0 Å². The molecule has 0 aliphatic carbocycles. The van der Waals surface area contributed by atoms with Crippen molar-refractivity contribution in [2.75, 3.05) is 23.3 Å². The Morgan fingerprint density at radius 3 is 2.50 bits per heavy atom. The molecule has 3 aromatic rings. The summed E-state index contributed by atoms with van der Waals surface area (Å²) in [4.78, 5) is 29.1. The average molecular weight is 448 g/mol. The van der Waals surface area contributed by atoms with Crippen molar-refractivity contribution < 1.29 is 9.59 Å². The Balaban J connectivity index is 1.55. The van der Waals surface area contributed by atoms with Crippen LogP contribution in [0.15, 0.2) is 66.0 Å². The lowest BCUT2D eigenvalue weighted by Gasteiger charge is -2.31. The molecular weight excluding hydrogens is 418 g/mol. The van der Waals surface area contributed by atoms with Gasteiger partial charge in [-0.15, -0.1) is 11.3 Å². The number of rotatable bonds is 7. The first-order chi connectivity index (χ1) is 15.6. The van der Waals surface area contributed by atoms with Crippen molar-refractivity contribution in [3.8, 4) is 0 Å². The molecule has 1 aliphatic rings. The monoisotopic (exact) mass is 447 g/mol. The zero-order chi connectivity index (χ0) is 22.3. The van der Waals surface area contributed by atoms with E-state index in [0.29, 0.717) is 17.7 Å². The second-order valence-corrected chi connectivity index (χ2v) is 9.22. The SMILES string of the molecule is CC(NC(=O)c1cc(NC(=O)Cc2cccs2)ccc1N1CCCCC1)c1ccccc1. The third-order valence-electron chi connectivity index (χ3n) is 5.78. The normalized spacial score (nSPS) is 14.6. The molecule has 1 unspecified atom stereocenters. The van der Waals surface area contributed by atoms with E-state index < -0.39 is 0 Å². The molecule has 0 saturated carbocycles. The second kappa shape index (κ2) is 10.5. The van der Waals surface area contributed by atoms with Gasteiger partial charge in [0.15, 0.2) is 0 Å². The predicted molar refractivity (Wildman–Crippen MR) is 131 cm³/mol. The quantitative estimate of drug-likeness (QED) is 0.509. The van der Waals surface area contributed by atoms with Crippen molar-refractivity contribution in [2.24, 2.45) is 0 Å². The number of hydrogen-bond donors (Lipinski definition) is 2. The number of thiophene rings is 1. The van der Waals surface area contributed by atoms with Gasteiger partial charge < -0.3 is 15.5 Å². The third-order valence-corrected chi connectivity index (χ3v) is 6.66. The second-order valence-electron chi connectivity index (χ2n) is 8.19. The number of hydrogen-bond acceptors (Lipinski definition) is 4. The first-order valence-electron chi connectivity index (χ1n) is 11.2. The van der Waals surface area contributed by atoms with Gasteiger partial charge in [-0.05, 0) is 61.4 Å². The predicted octanol–water partition coefficient (Wildman–Crippen LogP) is 5.41. The number of piperidine rings is 1. The van der Waals surface area contributed by atoms with Crippen molar-refractivity contribution in [3.63, 3.8) is 0 Å². The van der Waals surface area contributed by atoms with Crippen LogP contribution >= 0.6 is 11.3 Å². The van der Waals surface area contributed by atoms with Gasteiger partial charge in [-0.2, -0.15) is 0 Å². The Kier molecular flexibility index (Phi) is 7.22. The average Bonchev–Trinajstić information content (AvgIpc) is 3.33. The summed E-state index contributed by atoms with van der Waals surface area (Å²) in [6.45, 7) is 3.87. The molecule has 1 atom stereocenters. The van der Waals surface area contributed by atoms with Crippen LogP contribution in [-0.2, 0) is 11.2 Å². The summed E-state index contributed by atoms with van der Waals surface area (Å²) in [5, 5.41) is 8.06. The minimum Gasteiger partial charge on any atom is -0.371 e. The number of nitrogens with one attached hydrogen (secondary N) is 2. The van der Waals surface area contributed by atoms with E-state index in [2.05, 4.69) is 15.5 Å². The Hall–Kier alpha value is -3.12. The van der Waals surface area contributed by atoms with E-state index in [1.807, 2.05) is 73.0 Å². The molecular formula is C26H29N3O2S. The number of carbonyl (C=O) groups excluding carboxylic acids is 2. The van der Waals surface area contributed by atoms with Crippen LogP contribution in [0.4, 0.5) is 11.4 Å². The number of carbonyl (C=O) groups is 2. The van der Waals surface area contributed by atoms with Gasteiger partial charge in [-0.1, -0.05) is 36.4 Å². The van der Waals surface area contributed by atoms with Crippen LogP contribution < -0.4 is 15.5 Å². The standard InChI is InChI=1S/C26H29N3O2S/c1-19(20-9-4-2-5-10-20)27-26(31)23-17-21(28-25(30)18-22-11-8-16-32-22)12-13-24(23)29-14-6-3-7-15-29/h2,4-5,8-13,16-17,19H,3,6-7,14-15,18H2,1H3,(H,27,31)(H,28,30). The maximum atomic E-state index is 13.3. The zero-order valence-electron chi connectivity index (χ0n) is 18.3.